The maximum absolute atomic E-state index is 12.2. The van der Waals surface area contributed by atoms with Crippen LogP contribution in [-0.2, 0) is 4.79 Å². The van der Waals surface area contributed by atoms with E-state index in [1.165, 1.54) is 26.1 Å². The number of carboxylic acids is 1. The molecule has 0 saturated carbocycles. The summed E-state index contributed by atoms with van der Waals surface area (Å²) < 4.78 is 0. The van der Waals surface area contributed by atoms with E-state index in [0.29, 0.717) is 18.4 Å². The Kier molecular flexibility index (Phi) is 5.46. The molecule has 6 nitrogen and oxygen atoms in total. The highest BCUT2D eigenvalue weighted by Gasteiger charge is 2.34. The van der Waals surface area contributed by atoms with Crippen molar-refractivity contribution < 1.29 is 19.5 Å². The molecule has 0 aromatic heterocycles. The highest BCUT2D eigenvalue weighted by molar-refractivity contribution is 6.01. The number of hydrogen-bond acceptors (Lipinski definition) is 3. The molecule has 0 spiro atoms. The summed E-state index contributed by atoms with van der Waals surface area (Å²) in [5.41, 5.74) is -0.730. The molecule has 114 valence electrons. The van der Waals surface area contributed by atoms with Crippen LogP contribution in [-0.4, -0.2) is 35.5 Å². The van der Waals surface area contributed by atoms with E-state index in [0.717, 1.165) is 0 Å². The zero-order valence-electron chi connectivity index (χ0n) is 12.4. The molecule has 1 unspecified atom stereocenters. The van der Waals surface area contributed by atoms with Crippen LogP contribution in [0.2, 0.25) is 0 Å². The van der Waals surface area contributed by atoms with Gasteiger partial charge < -0.3 is 15.7 Å². The van der Waals surface area contributed by atoms with E-state index in [9.17, 15) is 19.5 Å². The molecule has 6 heteroatoms. The van der Waals surface area contributed by atoms with Crippen LogP contribution in [0.5, 0.6) is 0 Å². The number of carbonyl (C=O) groups excluding carboxylic acids is 2. The summed E-state index contributed by atoms with van der Waals surface area (Å²) in [5.74, 6) is -1.90. The molecule has 0 radical (unpaired) electrons. The van der Waals surface area contributed by atoms with Gasteiger partial charge in [-0.3, -0.25) is 9.59 Å². The first kappa shape index (κ1) is 16.7. The molecule has 2 amide bonds. The fourth-order valence-corrected chi connectivity index (χ4v) is 1.99. The van der Waals surface area contributed by atoms with Gasteiger partial charge in [-0.15, -0.1) is 0 Å². The lowest BCUT2D eigenvalue weighted by Crippen LogP contribution is -2.52. The average Bonchev–Trinajstić information content (AvgIpc) is 2.46. The molecule has 0 saturated heterocycles. The maximum Gasteiger partial charge on any atom is 0.329 e. The van der Waals surface area contributed by atoms with Gasteiger partial charge in [0, 0.05) is 18.2 Å². The van der Waals surface area contributed by atoms with Gasteiger partial charge in [0.05, 0.1) is 0 Å². The van der Waals surface area contributed by atoms with Crippen molar-refractivity contribution in [1.82, 2.24) is 10.6 Å². The van der Waals surface area contributed by atoms with Gasteiger partial charge in [-0.2, -0.15) is 0 Å². The van der Waals surface area contributed by atoms with Crippen LogP contribution in [0, 0.1) is 0 Å². The summed E-state index contributed by atoms with van der Waals surface area (Å²) in [7, 11) is 1.50. The third kappa shape index (κ3) is 4.05. The van der Waals surface area contributed by atoms with Gasteiger partial charge in [0.15, 0.2) is 0 Å². The lowest BCUT2D eigenvalue weighted by Gasteiger charge is -2.25. The minimum Gasteiger partial charge on any atom is -0.480 e. The van der Waals surface area contributed by atoms with E-state index in [2.05, 4.69) is 10.6 Å². The highest BCUT2D eigenvalue weighted by atomic mass is 16.4. The van der Waals surface area contributed by atoms with E-state index in [1.807, 2.05) is 6.92 Å². The van der Waals surface area contributed by atoms with Crippen LogP contribution in [0.4, 0.5) is 0 Å². The standard InChI is InChI=1S/C15H20N2O4/c1-4-8-15(2,14(20)21)17-13(19)11-7-5-6-10(9-11)12(18)16-3/h5-7,9H,4,8H2,1-3H3,(H,16,18)(H,17,19)(H,20,21). The quantitative estimate of drug-likeness (QED) is 0.739. The third-order valence-corrected chi connectivity index (χ3v) is 3.23. The van der Waals surface area contributed by atoms with Crippen molar-refractivity contribution in [2.45, 2.75) is 32.2 Å². The number of aliphatic carboxylic acids is 1. The largest absolute Gasteiger partial charge is 0.480 e. The van der Waals surface area contributed by atoms with Crippen LogP contribution >= 0.6 is 0 Å². The van der Waals surface area contributed by atoms with Gasteiger partial charge in [-0.05, 0) is 31.5 Å². The molecule has 0 bridgehead atoms. The summed E-state index contributed by atoms with van der Waals surface area (Å²) in [6.45, 7) is 3.32. The Balaban J connectivity index is 2.98. The first-order chi connectivity index (χ1) is 9.84. The topological polar surface area (TPSA) is 95.5 Å². The maximum atomic E-state index is 12.2. The Morgan fingerprint density at radius 1 is 1.19 bits per heavy atom. The smallest absolute Gasteiger partial charge is 0.329 e. The van der Waals surface area contributed by atoms with Crippen molar-refractivity contribution in [3.05, 3.63) is 35.4 Å². The number of rotatable bonds is 6. The molecule has 0 fully saturated rings. The second kappa shape index (κ2) is 6.88. The Hall–Kier alpha value is -2.37. The third-order valence-electron chi connectivity index (χ3n) is 3.23. The van der Waals surface area contributed by atoms with Crippen molar-refractivity contribution >= 4 is 17.8 Å². The van der Waals surface area contributed by atoms with Gasteiger partial charge in [0.1, 0.15) is 5.54 Å². The van der Waals surface area contributed by atoms with Gasteiger partial charge in [0.2, 0.25) is 0 Å². The number of nitrogens with one attached hydrogen (secondary N) is 2. The Morgan fingerprint density at radius 3 is 2.24 bits per heavy atom. The summed E-state index contributed by atoms with van der Waals surface area (Å²) in [4.78, 5) is 35.1. The zero-order chi connectivity index (χ0) is 16.0. The van der Waals surface area contributed by atoms with Crippen LogP contribution in [0.3, 0.4) is 0 Å². The molecule has 3 N–H and O–H groups in total. The highest BCUT2D eigenvalue weighted by Crippen LogP contribution is 2.14. The van der Waals surface area contributed by atoms with Gasteiger partial charge in [-0.1, -0.05) is 19.4 Å². The molecular weight excluding hydrogens is 272 g/mol. The SMILES string of the molecule is CCCC(C)(NC(=O)c1cccc(C(=O)NC)c1)C(=O)O. The molecule has 1 aromatic carbocycles. The normalized spacial score (nSPS) is 13.1. The van der Waals surface area contributed by atoms with E-state index >= 15 is 0 Å². The first-order valence-electron chi connectivity index (χ1n) is 6.72. The van der Waals surface area contributed by atoms with Crippen LogP contribution < -0.4 is 10.6 Å². The minimum atomic E-state index is -1.32. The van der Waals surface area contributed by atoms with E-state index in [-0.39, 0.29) is 11.5 Å². The van der Waals surface area contributed by atoms with E-state index in [1.54, 1.807) is 12.1 Å². The Bertz CT molecular complexity index is 556. The zero-order valence-corrected chi connectivity index (χ0v) is 12.4. The number of carbonyl (C=O) groups is 3. The predicted molar refractivity (Wildman–Crippen MR) is 78.2 cm³/mol. The van der Waals surface area contributed by atoms with Crippen LogP contribution in [0.1, 0.15) is 47.4 Å². The Labute approximate surface area is 123 Å². The number of carboxylic acid groups (broad SMARTS) is 1. The lowest BCUT2D eigenvalue weighted by molar-refractivity contribution is -0.144. The molecule has 0 aliphatic carbocycles. The molecule has 0 heterocycles. The fourth-order valence-electron chi connectivity index (χ4n) is 1.99. The minimum absolute atomic E-state index is 0.250. The second-order valence-corrected chi connectivity index (χ2v) is 5.00. The van der Waals surface area contributed by atoms with Gasteiger partial charge >= 0.3 is 5.97 Å². The fraction of sp³-hybridized carbons (Fsp3) is 0.400. The Morgan fingerprint density at radius 2 is 1.76 bits per heavy atom. The van der Waals surface area contributed by atoms with Crippen molar-refractivity contribution in [2.75, 3.05) is 7.05 Å². The van der Waals surface area contributed by atoms with E-state index < -0.39 is 17.4 Å². The predicted octanol–water partition coefficient (Wildman–Crippen LogP) is 1.42. The first-order valence-corrected chi connectivity index (χ1v) is 6.72. The summed E-state index contributed by atoms with van der Waals surface area (Å²) >= 11 is 0. The van der Waals surface area contributed by atoms with Gasteiger partial charge in [0.25, 0.3) is 11.8 Å². The van der Waals surface area contributed by atoms with Gasteiger partial charge in [-0.25, -0.2) is 4.79 Å². The number of amides is 2. The second-order valence-electron chi connectivity index (χ2n) is 5.00. The molecule has 0 aliphatic heterocycles. The lowest BCUT2D eigenvalue weighted by atomic mass is 9.95. The number of hydrogen-bond donors (Lipinski definition) is 3. The summed E-state index contributed by atoms with van der Waals surface area (Å²) in [5, 5.41) is 14.3. The summed E-state index contributed by atoms with van der Waals surface area (Å²) in [6, 6.07) is 6.13. The van der Waals surface area contributed by atoms with Crippen molar-refractivity contribution in [3.8, 4) is 0 Å². The summed E-state index contributed by atoms with van der Waals surface area (Å²) in [6.07, 6.45) is 0.949. The molecular formula is C15H20N2O4. The molecule has 1 atom stereocenters. The molecule has 1 aromatic rings. The van der Waals surface area contributed by atoms with Crippen molar-refractivity contribution in [2.24, 2.45) is 0 Å². The average molecular weight is 292 g/mol. The van der Waals surface area contributed by atoms with Crippen LogP contribution in [0.25, 0.3) is 0 Å². The molecule has 21 heavy (non-hydrogen) atoms. The monoisotopic (exact) mass is 292 g/mol. The molecule has 1 rings (SSSR count). The molecule has 0 aliphatic rings. The van der Waals surface area contributed by atoms with Crippen molar-refractivity contribution in [3.63, 3.8) is 0 Å². The van der Waals surface area contributed by atoms with Crippen molar-refractivity contribution in [1.29, 1.82) is 0 Å². The van der Waals surface area contributed by atoms with E-state index in [4.69, 9.17) is 0 Å². The van der Waals surface area contributed by atoms with Crippen LogP contribution in [0.15, 0.2) is 24.3 Å². The number of benzene rings is 1.